The van der Waals surface area contributed by atoms with Crippen molar-refractivity contribution >= 4 is 17.8 Å². The molecule has 0 aliphatic heterocycles. The molecule has 1 aromatic rings. The Balaban J connectivity index is 2.54. The molecule has 0 aliphatic rings. The van der Waals surface area contributed by atoms with Gasteiger partial charge in [0.1, 0.15) is 12.1 Å². The molecule has 2 amide bonds. The molecule has 8 heteroatoms. The van der Waals surface area contributed by atoms with Crippen LogP contribution in [0.3, 0.4) is 0 Å². The van der Waals surface area contributed by atoms with Gasteiger partial charge in [-0.05, 0) is 20.8 Å². The van der Waals surface area contributed by atoms with Gasteiger partial charge in [0.15, 0.2) is 5.82 Å². The minimum atomic E-state index is -0.601. The standard InChI is InChI=1S/C10H17N5O3/c1-10(2,3)18-9(17)13-7-4-15(6-12-7)5-8(16)14-11/h4,6H,5,11H2,1-3H3,(H,13,17)(H,14,16). The lowest BCUT2D eigenvalue weighted by molar-refractivity contribution is -0.121. The normalized spacial score (nSPS) is 10.9. The van der Waals surface area contributed by atoms with Gasteiger partial charge in [-0.2, -0.15) is 0 Å². The number of anilines is 1. The van der Waals surface area contributed by atoms with Gasteiger partial charge < -0.3 is 9.30 Å². The summed E-state index contributed by atoms with van der Waals surface area (Å²) in [5, 5.41) is 2.45. The number of nitrogens with one attached hydrogen (secondary N) is 2. The minimum Gasteiger partial charge on any atom is -0.444 e. The third-order valence-electron chi connectivity index (χ3n) is 1.75. The van der Waals surface area contributed by atoms with Gasteiger partial charge >= 0.3 is 6.09 Å². The molecule has 100 valence electrons. The highest BCUT2D eigenvalue weighted by Crippen LogP contribution is 2.09. The Morgan fingerprint density at radius 3 is 2.72 bits per heavy atom. The van der Waals surface area contributed by atoms with Crippen LogP contribution in [0.25, 0.3) is 0 Å². The van der Waals surface area contributed by atoms with Crippen LogP contribution in [0.2, 0.25) is 0 Å². The van der Waals surface area contributed by atoms with E-state index in [1.807, 2.05) is 5.43 Å². The summed E-state index contributed by atoms with van der Waals surface area (Å²) in [6.45, 7) is 5.31. The van der Waals surface area contributed by atoms with Crippen LogP contribution in [0.15, 0.2) is 12.5 Å². The van der Waals surface area contributed by atoms with Crippen molar-refractivity contribution in [2.75, 3.05) is 5.32 Å². The quantitative estimate of drug-likeness (QED) is 0.406. The zero-order valence-corrected chi connectivity index (χ0v) is 10.6. The summed E-state index contributed by atoms with van der Waals surface area (Å²) < 4.78 is 6.54. The van der Waals surface area contributed by atoms with E-state index in [2.05, 4.69) is 10.3 Å². The highest BCUT2D eigenvalue weighted by molar-refractivity contribution is 5.83. The third kappa shape index (κ3) is 4.83. The van der Waals surface area contributed by atoms with Crippen molar-refractivity contribution in [3.63, 3.8) is 0 Å². The number of amides is 2. The number of carbonyl (C=O) groups excluding carboxylic acids is 2. The summed E-state index contributed by atoms with van der Waals surface area (Å²) in [4.78, 5) is 26.3. The molecule has 0 radical (unpaired) electrons. The van der Waals surface area contributed by atoms with E-state index in [-0.39, 0.29) is 12.5 Å². The number of imidazole rings is 1. The van der Waals surface area contributed by atoms with Gasteiger partial charge in [-0.1, -0.05) is 0 Å². The van der Waals surface area contributed by atoms with Crippen LogP contribution < -0.4 is 16.6 Å². The molecule has 0 saturated carbocycles. The first-order chi connectivity index (χ1) is 8.30. The van der Waals surface area contributed by atoms with Gasteiger partial charge in [-0.25, -0.2) is 15.6 Å². The van der Waals surface area contributed by atoms with Crippen LogP contribution in [-0.2, 0) is 16.1 Å². The number of nitrogens with zero attached hydrogens (tertiary/aromatic N) is 2. The second kappa shape index (κ2) is 5.50. The molecule has 0 atom stereocenters. The maximum atomic E-state index is 11.4. The first-order valence-electron chi connectivity index (χ1n) is 5.31. The second-order valence-corrected chi connectivity index (χ2v) is 4.63. The Morgan fingerprint density at radius 1 is 1.50 bits per heavy atom. The van der Waals surface area contributed by atoms with Crippen LogP contribution in [0.4, 0.5) is 10.6 Å². The Morgan fingerprint density at radius 2 is 2.17 bits per heavy atom. The van der Waals surface area contributed by atoms with Gasteiger partial charge in [-0.3, -0.25) is 15.5 Å². The monoisotopic (exact) mass is 255 g/mol. The summed E-state index contributed by atoms with van der Waals surface area (Å²) in [7, 11) is 0. The van der Waals surface area contributed by atoms with Crippen LogP contribution in [0.5, 0.6) is 0 Å². The molecule has 4 N–H and O–H groups in total. The third-order valence-corrected chi connectivity index (χ3v) is 1.75. The molecular formula is C10H17N5O3. The molecule has 18 heavy (non-hydrogen) atoms. The average Bonchev–Trinajstić information content (AvgIpc) is 2.62. The lowest BCUT2D eigenvalue weighted by Gasteiger charge is -2.19. The van der Waals surface area contributed by atoms with E-state index in [1.165, 1.54) is 17.1 Å². The van der Waals surface area contributed by atoms with Crippen molar-refractivity contribution in [1.82, 2.24) is 15.0 Å². The van der Waals surface area contributed by atoms with Crippen molar-refractivity contribution in [2.45, 2.75) is 32.9 Å². The molecule has 0 saturated heterocycles. The molecule has 8 nitrogen and oxygen atoms in total. The van der Waals surface area contributed by atoms with E-state index in [0.29, 0.717) is 5.82 Å². The van der Waals surface area contributed by atoms with E-state index in [1.54, 1.807) is 20.8 Å². The molecule has 1 aromatic heterocycles. The number of carbonyl (C=O) groups is 2. The van der Waals surface area contributed by atoms with Crippen LogP contribution in [-0.4, -0.2) is 27.2 Å². The summed E-state index contributed by atoms with van der Waals surface area (Å²) in [6.07, 6.45) is 2.30. The summed E-state index contributed by atoms with van der Waals surface area (Å²) >= 11 is 0. The first kappa shape index (κ1) is 14.0. The summed E-state index contributed by atoms with van der Waals surface area (Å²) in [6, 6.07) is 0. The Labute approximate surface area is 104 Å². The largest absolute Gasteiger partial charge is 0.444 e. The van der Waals surface area contributed by atoms with E-state index in [0.717, 1.165) is 0 Å². The van der Waals surface area contributed by atoms with Gasteiger partial charge in [0, 0.05) is 6.20 Å². The number of hydrogen-bond acceptors (Lipinski definition) is 5. The molecule has 0 unspecified atom stereocenters. The summed E-state index contributed by atoms with van der Waals surface area (Å²) in [5.74, 6) is 4.89. The lowest BCUT2D eigenvalue weighted by atomic mass is 10.2. The topological polar surface area (TPSA) is 111 Å². The smallest absolute Gasteiger partial charge is 0.413 e. The fraction of sp³-hybridized carbons (Fsp3) is 0.500. The second-order valence-electron chi connectivity index (χ2n) is 4.63. The van der Waals surface area contributed by atoms with E-state index < -0.39 is 11.7 Å². The predicted molar refractivity (Wildman–Crippen MR) is 64.4 cm³/mol. The van der Waals surface area contributed by atoms with Crippen molar-refractivity contribution < 1.29 is 14.3 Å². The average molecular weight is 255 g/mol. The number of nitrogens with two attached hydrogens (primary N) is 1. The number of hydrogen-bond donors (Lipinski definition) is 3. The van der Waals surface area contributed by atoms with Crippen molar-refractivity contribution in [3.8, 4) is 0 Å². The predicted octanol–water partition coefficient (Wildman–Crippen LogP) is 0.220. The first-order valence-corrected chi connectivity index (χ1v) is 5.31. The molecule has 0 bridgehead atoms. The molecule has 0 fully saturated rings. The van der Waals surface area contributed by atoms with Gasteiger partial charge in [0.25, 0.3) is 5.91 Å². The Hall–Kier alpha value is -2.09. The maximum Gasteiger partial charge on any atom is 0.413 e. The maximum absolute atomic E-state index is 11.4. The van der Waals surface area contributed by atoms with E-state index >= 15 is 0 Å². The van der Waals surface area contributed by atoms with Gasteiger partial charge in [0.2, 0.25) is 0 Å². The molecular weight excluding hydrogens is 238 g/mol. The van der Waals surface area contributed by atoms with Crippen LogP contribution in [0, 0.1) is 0 Å². The molecule has 0 spiro atoms. The molecule has 1 heterocycles. The van der Waals surface area contributed by atoms with Crippen LogP contribution in [0.1, 0.15) is 20.8 Å². The SMILES string of the molecule is CC(C)(C)OC(=O)Nc1cn(CC(=O)NN)cn1. The molecule has 0 aliphatic carbocycles. The van der Waals surface area contributed by atoms with Crippen molar-refractivity contribution in [1.29, 1.82) is 0 Å². The Bertz CT molecular complexity index is 435. The van der Waals surface area contributed by atoms with E-state index in [4.69, 9.17) is 10.6 Å². The van der Waals surface area contributed by atoms with Crippen molar-refractivity contribution in [2.24, 2.45) is 5.84 Å². The lowest BCUT2D eigenvalue weighted by Crippen LogP contribution is -2.32. The number of rotatable bonds is 3. The van der Waals surface area contributed by atoms with Crippen LogP contribution >= 0.6 is 0 Å². The molecule has 1 rings (SSSR count). The summed E-state index contributed by atoms with van der Waals surface area (Å²) in [5.41, 5.74) is 1.42. The van der Waals surface area contributed by atoms with Crippen molar-refractivity contribution in [3.05, 3.63) is 12.5 Å². The number of hydrazine groups is 1. The highest BCUT2D eigenvalue weighted by atomic mass is 16.6. The zero-order valence-electron chi connectivity index (χ0n) is 10.6. The number of aromatic nitrogens is 2. The Kier molecular flexibility index (Phi) is 4.27. The number of ether oxygens (including phenoxy) is 1. The van der Waals surface area contributed by atoms with Gasteiger partial charge in [-0.15, -0.1) is 0 Å². The minimum absolute atomic E-state index is 0.0273. The zero-order chi connectivity index (χ0) is 13.8. The van der Waals surface area contributed by atoms with E-state index in [9.17, 15) is 9.59 Å². The fourth-order valence-electron chi connectivity index (χ4n) is 1.13. The molecule has 0 aromatic carbocycles. The fourth-order valence-corrected chi connectivity index (χ4v) is 1.13. The highest BCUT2D eigenvalue weighted by Gasteiger charge is 2.16. The van der Waals surface area contributed by atoms with Gasteiger partial charge in [0.05, 0.1) is 6.33 Å².